The summed E-state index contributed by atoms with van der Waals surface area (Å²) in [6.45, 7) is 7.52. The second-order valence-corrected chi connectivity index (χ2v) is 12.4. The fourth-order valence-corrected chi connectivity index (χ4v) is 6.20. The number of halogens is 1. The average Bonchev–Trinajstić information content (AvgIpc) is 3.23. The van der Waals surface area contributed by atoms with E-state index < -0.39 is 0 Å². The molecule has 4 heterocycles. The van der Waals surface area contributed by atoms with E-state index in [0.717, 1.165) is 61.3 Å². The fourth-order valence-electron chi connectivity index (χ4n) is 6.03. The first-order valence-electron chi connectivity index (χ1n) is 17.5. The number of aromatic nitrogens is 6. The van der Waals surface area contributed by atoms with E-state index >= 15 is 0 Å². The maximum absolute atomic E-state index is 6.13. The highest BCUT2D eigenvalue weighted by Gasteiger charge is 2.16. The van der Waals surface area contributed by atoms with Crippen molar-refractivity contribution in [2.24, 2.45) is 0 Å². The number of benzene rings is 4. The van der Waals surface area contributed by atoms with Crippen molar-refractivity contribution in [3.05, 3.63) is 175 Å². The van der Waals surface area contributed by atoms with E-state index in [1.165, 1.54) is 0 Å². The number of hydrogen-bond acceptors (Lipinski definition) is 9. The first-order chi connectivity index (χ1) is 26.6. The predicted molar refractivity (Wildman–Crippen MR) is 219 cm³/mol. The van der Waals surface area contributed by atoms with Crippen LogP contribution in [0.2, 0.25) is 5.28 Å². The molecular formula is C44H37ClN8O. The molecule has 266 valence electrons. The monoisotopic (exact) mass is 728 g/mol. The molecule has 0 aliphatic rings. The van der Waals surface area contributed by atoms with Crippen molar-refractivity contribution in [3.8, 4) is 22.3 Å². The number of pyridine rings is 2. The average molecular weight is 729 g/mol. The van der Waals surface area contributed by atoms with E-state index in [1.807, 2.05) is 104 Å². The first kappa shape index (κ1) is 35.7. The Balaban J connectivity index is 0.000000168. The lowest BCUT2D eigenvalue weighted by Crippen LogP contribution is -2.07. The quantitative estimate of drug-likeness (QED) is 0.0993. The summed E-state index contributed by atoms with van der Waals surface area (Å²) in [7, 11) is 0. The predicted octanol–water partition coefficient (Wildman–Crippen LogP) is 10.3. The Labute approximate surface area is 318 Å². The van der Waals surface area contributed by atoms with Gasteiger partial charge >= 0.3 is 0 Å². The summed E-state index contributed by atoms with van der Waals surface area (Å²) in [4.78, 5) is 27.0. The number of rotatable bonds is 11. The van der Waals surface area contributed by atoms with Gasteiger partial charge in [-0.3, -0.25) is 9.97 Å². The summed E-state index contributed by atoms with van der Waals surface area (Å²) in [5, 5.41) is 8.94. The highest BCUT2D eigenvalue weighted by atomic mass is 35.5. The molecule has 0 amide bonds. The van der Waals surface area contributed by atoms with Gasteiger partial charge in [0.05, 0.1) is 52.9 Å². The lowest BCUT2D eigenvalue weighted by molar-refractivity contribution is 0.296. The molecule has 0 radical (unpaired) electrons. The van der Waals surface area contributed by atoms with Crippen molar-refractivity contribution < 1.29 is 4.74 Å². The molecule has 0 atom stereocenters. The summed E-state index contributed by atoms with van der Waals surface area (Å²) in [5.41, 5.74) is 7.87. The molecule has 0 saturated heterocycles. The topological polar surface area (TPSA) is 111 Å². The zero-order valence-corrected chi connectivity index (χ0v) is 30.4. The van der Waals surface area contributed by atoms with Gasteiger partial charge in [0.2, 0.25) is 5.28 Å². The summed E-state index contributed by atoms with van der Waals surface area (Å²) in [6.07, 6.45) is 3.56. The smallest absolute Gasteiger partial charge is 0.224 e. The summed E-state index contributed by atoms with van der Waals surface area (Å²) >= 11 is 6.13. The summed E-state index contributed by atoms with van der Waals surface area (Å²) < 4.78 is 5.55. The van der Waals surface area contributed by atoms with Crippen LogP contribution in [0.25, 0.3) is 49.8 Å². The van der Waals surface area contributed by atoms with E-state index in [2.05, 4.69) is 73.5 Å². The Morgan fingerprint density at radius 2 is 1.07 bits per heavy atom. The number of anilines is 2. The van der Waals surface area contributed by atoms with Crippen molar-refractivity contribution >= 4 is 50.8 Å². The molecule has 4 aromatic heterocycles. The van der Waals surface area contributed by atoms with Crippen molar-refractivity contribution in [2.75, 3.05) is 17.2 Å². The van der Waals surface area contributed by atoms with E-state index in [4.69, 9.17) is 26.3 Å². The molecular weight excluding hydrogens is 692 g/mol. The third-order valence-corrected chi connectivity index (χ3v) is 8.65. The van der Waals surface area contributed by atoms with E-state index in [1.54, 1.807) is 12.4 Å². The zero-order valence-electron chi connectivity index (χ0n) is 29.7. The minimum Gasteiger partial charge on any atom is -0.491 e. The molecule has 4 aromatic carbocycles. The van der Waals surface area contributed by atoms with E-state index in [0.29, 0.717) is 37.1 Å². The second kappa shape index (κ2) is 17.2. The van der Waals surface area contributed by atoms with Crippen LogP contribution in [0.3, 0.4) is 0 Å². The normalized spacial score (nSPS) is 10.7. The zero-order chi connectivity index (χ0) is 37.1. The Bertz CT molecular complexity index is 2490. The van der Waals surface area contributed by atoms with Crippen LogP contribution in [-0.4, -0.2) is 36.5 Å². The molecule has 0 fully saturated rings. The van der Waals surface area contributed by atoms with Crippen LogP contribution in [0.4, 0.5) is 11.6 Å². The van der Waals surface area contributed by atoms with E-state index in [9.17, 15) is 0 Å². The standard InChI is InChI=1S/C24H22N4O.C20H15ClN4/c1-3-29-17(2)23-27-21-14-9-13-20(18-10-5-4-6-11-18)22(21)24(28-23)26-16-19-12-7-8-15-25-19;21-20-24-17-11-6-10-16(14-7-2-1-3-8-14)18(17)19(25-20)23-13-15-9-4-5-12-22-15/h4-15H,2-3,16H2,1H3,(H,26,27,28);1-12H,13H2,(H,23,24,25). The first-order valence-corrected chi connectivity index (χ1v) is 17.9. The van der Waals surface area contributed by atoms with Gasteiger partial charge in [-0.2, -0.15) is 0 Å². The number of fused-ring (bicyclic) bond motifs is 2. The Morgan fingerprint density at radius 1 is 0.574 bits per heavy atom. The number of nitrogens with zero attached hydrogens (tertiary/aromatic N) is 6. The third-order valence-electron chi connectivity index (χ3n) is 8.48. The van der Waals surface area contributed by atoms with Crippen molar-refractivity contribution in [2.45, 2.75) is 20.0 Å². The van der Waals surface area contributed by atoms with Gasteiger partial charge < -0.3 is 15.4 Å². The van der Waals surface area contributed by atoms with Gasteiger partial charge in [0, 0.05) is 12.4 Å². The molecule has 0 aliphatic heterocycles. The molecule has 10 heteroatoms. The van der Waals surface area contributed by atoms with Crippen LogP contribution >= 0.6 is 11.6 Å². The SMILES string of the molecule is C=C(OCC)c1nc(NCc2ccccn2)c2c(-c3ccccc3)cccc2n1.Clc1nc(NCc2ccccn2)c2c(-c3ccccc3)cccc2n1. The molecule has 8 rings (SSSR count). The van der Waals surface area contributed by atoms with Gasteiger partial charge in [-0.05, 0) is 77.2 Å². The molecule has 2 N–H and O–H groups in total. The van der Waals surface area contributed by atoms with Crippen molar-refractivity contribution in [3.63, 3.8) is 0 Å². The Morgan fingerprint density at radius 3 is 1.57 bits per heavy atom. The molecule has 0 saturated carbocycles. The second-order valence-electron chi connectivity index (χ2n) is 12.1. The fraction of sp³-hybridized carbons (Fsp3) is 0.0909. The summed E-state index contributed by atoms with van der Waals surface area (Å²) in [6, 6.07) is 44.2. The molecule has 0 unspecified atom stereocenters. The Hall–Kier alpha value is -6.71. The van der Waals surface area contributed by atoms with Gasteiger partial charge in [-0.15, -0.1) is 0 Å². The minimum atomic E-state index is 0.223. The van der Waals surface area contributed by atoms with Crippen LogP contribution in [0.15, 0.2) is 152 Å². The lowest BCUT2D eigenvalue weighted by Gasteiger charge is -2.15. The molecule has 8 aromatic rings. The Kier molecular flexibility index (Phi) is 11.4. The van der Waals surface area contributed by atoms with Crippen LogP contribution in [0.5, 0.6) is 0 Å². The van der Waals surface area contributed by atoms with Crippen LogP contribution in [-0.2, 0) is 17.8 Å². The third kappa shape index (κ3) is 8.49. The maximum Gasteiger partial charge on any atom is 0.224 e. The number of nitrogens with one attached hydrogen (secondary N) is 2. The van der Waals surface area contributed by atoms with Crippen LogP contribution in [0.1, 0.15) is 24.1 Å². The summed E-state index contributed by atoms with van der Waals surface area (Å²) in [5.74, 6) is 2.38. The van der Waals surface area contributed by atoms with Gasteiger partial charge in [0.1, 0.15) is 11.6 Å². The molecule has 54 heavy (non-hydrogen) atoms. The highest BCUT2D eigenvalue weighted by Crippen LogP contribution is 2.34. The van der Waals surface area contributed by atoms with Gasteiger partial charge in [-0.1, -0.05) is 104 Å². The number of ether oxygens (including phenoxy) is 1. The molecule has 9 nitrogen and oxygen atoms in total. The van der Waals surface area contributed by atoms with Gasteiger partial charge in [0.15, 0.2) is 11.6 Å². The van der Waals surface area contributed by atoms with Crippen molar-refractivity contribution in [1.82, 2.24) is 29.9 Å². The van der Waals surface area contributed by atoms with Gasteiger partial charge in [-0.25, -0.2) is 19.9 Å². The van der Waals surface area contributed by atoms with Crippen LogP contribution < -0.4 is 10.6 Å². The molecule has 0 bridgehead atoms. The largest absolute Gasteiger partial charge is 0.491 e. The minimum absolute atomic E-state index is 0.223. The molecule has 0 aliphatic carbocycles. The van der Waals surface area contributed by atoms with E-state index in [-0.39, 0.29) is 5.28 Å². The maximum atomic E-state index is 6.13. The molecule has 0 spiro atoms. The highest BCUT2D eigenvalue weighted by molar-refractivity contribution is 6.29. The van der Waals surface area contributed by atoms with Crippen molar-refractivity contribution in [1.29, 1.82) is 0 Å². The lowest BCUT2D eigenvalue weighted by atomic mass is 10.0. The number of hydrogen-bond donors (Lipinski definition) is 2. The van der Waals surface area contributed by atoms with Crippen LogP contribution in [0, 0.1) is 0 Å². The van der Waals surface area contributed by atoms with Gasteiger partial charge in [0.25, 0.3) is 0 Å².